The molecule has 0 bridgehead atoms. The van der Waals surface area contributed by atoms with Gasteiger partial charge in [-0.3, -0.25) is 4.99 Å². The number of halogens is 5. The molecule has 2 aromatic rings. The maximum Gasteiger partial charge on any atom is 0.416 e. The lowest BCUT2D eigenvalue weighted by molar-refractivity contribution is -0.138. The second-order valence-corrected chi connectivity index (χ2v) is 6.99. The lowest BCUT2D eigenvalue weighted by Crippen LogP contribution is -2.48. The molecule has 0 saturated carbocycles. The third-order valence-corrected chi connectivity index (χ3v) is 5.15. The van der Waals surface area contributed by atoms with Crippen molar-refractivity contribution in [1.82, 2.24) is 19.8 Å². The Bertz CT molecular complexity index is 823. The zero-order chi connectivity index (χ0) is 20.3. The summed E-state index contributed by atoms with van der Waals surface area (Å²) in [6.07, 6.45) is 1.72. The number of nitrogens with zero attached hydrogens (tertiary/aromatic N) is 4. The van der Waals surface area contributed by atoms with Crippen LogP contribution in [-0.2, 0) is 12.7 Å². The van der Waals surface area contributed by atoms with E-state index in [2.05, 4.69) is 22.2 Å². The molecule has 0 aliphatic carbocycles. The number of hydrogen-bond donors (Lipinski definition) is 1. The third kappa shape index (κ3) is 5.61. The van der Waals surface area contributed by atoms with Crippen molar-refractivity contribution in [3.63, 3.8) is 0 Å². The van der Waals surface area contributed by atoms with Gasteiger partial charge in [0.25, 0.3) is 0 Å². The molecule has 29 heavy (non-hydrogen) atoms. The van der Waals surface area contributed by atoms with Crippen LogP contribution in [0, 0.1) is 11.7 Å². The van der Waals surface area contributed by atoms with Crippen molar-refractivity contribution in [3.8, 4) is 0 Å². The molecule has 1 fully saturated rings. The van der Waals surface area contributed by atoms with Gasteiger partial charge in [0.1, 0.15) is 5.82 Å². The second-order valence-electron chi connectivity index (χ2n) is 6.99. The Balaban J connectivity index is 0.00000300. The molecule has 2 unspecified atom stereocenters. The van der Waals surface area contributed by atoms with E-state index in [1.807, 2.05) is 15.7 Å². The molecule has 1 aromatic heterocycles. The van der Waals surface area contributed by atoms with Crippen molar-refractivity contribution in [1.29, 1.82) is 0 Å². The molecule has 0 amide bonds. The summed E-state index contributed by atoms with van der Waals surface area (Å²) in [7, 11) is 1.60. The van der Waals surface area contributed by atoms with Gasteiger partial charge in [0.2, 0.25) is 0 Å². The van der Waals surface area contributed by atoms with Gasteiger partial charge in [-0.15, -0.1) is 24.0 Å². The molecule has 1 saturated heterocycles. The molecule has 1 aliphatic rings. The topological polar surface area (TPSA) is 45.5 Å². The zero-order valence-corrected chi connectivity index (χ0v) is 18.5. The molecule has 1 aromatic carbocycles. The molecular formula is C19H24F4IN5. The summed E-state index contributed by atoms with van der Waals surface area (Å²) in [5.41, 5.74) is -0.995. The minimum atomic E-state index is -4.62. The summed E-state index contributed by atoms with van der Waals surface area (Å²) in [4.78, 5) is 10.4. The van der Waals surface area contributed by atoms with Crippen LogP contribution < -0.4 is 5.32 Å². The Morgan fingerprint density at radius 1 is 1.34 bits per heavy atom. The highest BCUT2D eigenvalue weighted by molar-refractivity contribution is 14.0. The zero-order valence-electron chi connectivity index (χ0n) is 16.2. The van der Waals surface area contributed by atoms with Crippen LogP contribution in [0.4, 0.5) is 17.6 Å². The van der Waals surface area contributed by atoms with Crippen LogP contribution in [0.15, 0.2) is 41.9 Å². The van der Waals surface area contributed by atoms with Gasteiger partial charge < -0.3 is 14.8 Å². The van der Waals surface area contributed by atoms with Gasteiger partial charge in [-0.2, -0.15) is 13.2 Å². The highest BCUT2D eigenvalue weighted by atomic mass is 127. The first kappa shape index (κ1) is 23.4. The van der Waals surface area contributed by atoms with Crippen molar-refractivity contribution >= 4 is 29.9 Å². The summed E-state index contributed by atoms with van der Waals surface area (Å²) in [5, 5.41) is 3.00. The van der Waals surface area contributed by atoms with Crippen LogP contribution in [0.3, 0.4) is 0 Å². The number of imidazole rings is 1. The number of alkyl halides is 3. The number of aromatic nitrogens is 2. The smallest absolute Gasteiger partial charge is 0.352 e. The van der Waals surface area contributed by atoms with E-state index in [1.54, 1.807) is 19.6 Å². The lowest BCUT2D eigenvalue weighted by atomic mass is 9.93. The fraction of sp³-hybridized carbons (Fsp3) is 0.474. The first-order chi connectivity index (χ1) is 13.3. The van der Waals surface area contributed by atoms with E-state index in [1.165, 1.54) is 0 Å². The lowest BCUT2D eigenvalue weighted by Gasteiger charge is -2.39. The number of likely N-dealkylation sites (tertiary alicyclic amines) is 1. The predicted octanol–water partition coefficient (Wildman–Crippen LogP) is 4.32. The average molecular weight is 525 g/mol. The standard InChI is InChI=1S/C19H23F4N5.HI/c1-13-5-7-27(11-17(13)28-8-6-25-12-28)18(24-2)26-10-14-3-4-15(20)9-16(14)19(21,22)23;/h3-4,6,8-9,12-13,17H,5,7,10-11H2,1-2H3,(H,24,26);1H. The Labute approximate surface area is 184 Å². The van der Waals surface area contributed by atoms with E-state index < -0.39 is 17.6 Å². The van der Waals surface area contributed by atoms with Crippen molar-refractivity contribution in [2.75, 3.05) is 20.1 Å². The van der Waals surface area contributed by atoms with Crippen molar-refractivity contribution < 1.29 is 17.6 Å². The van der Waals surface area contributed by atoms with Crippen LogP contribution in [-0.4, -0.2) is 40.5 Å². The number of nitrogens with one attached hydrogen (secondary N) is 1. The highest BCUT2D eigenvalue weighted by Crippen LogP contribution is 2.32. The summed E-state index contributed by atoms with van der Waals surface area (Å²) in [5.74, 6) is 0.0561. The fourth-order valence-corrected chi connectivity index (χ4v) is 3.57. The number of piperidine rings is 1. The van der Waals surface area contributed by atoms with E-state index in [0.717, 1.165) is 25.1 Å². The Kier molecular flexibility index (Phi) is 7.89. The predicted molar refractivity (Wildman–Crippen MR) is 114 cm³/mol. The number of guanidine groups is 1. The molecule has 1 aliphatic heterocycles. The summed E-state index contributed by atoms with van der Waals surface area (Å²) >= 11 is 0. The van der Waals surface area contributed by atoms with Gasteiger partial charge in [-0.25, -0.2) is 9.37 Å². The third-order valence-electron chi connectivity index (χ3n) is 5.15. The molecule has 0 radical (unpaired) electrons. The van der Waals surface area contributed by atoms with E-state index in [0.29, 0.717) is 24.5 Å². The van der Waals surface area contributed by atoms with Crippen molar-refractivity contribution in [2.45, 2.75) is 32.1 Å². The average Bonchev–Trinajstić information content (AvgIpc) is 3.18. The molecule has 2 atom stereocenters. The molecule has 1 N–H and O–H groups in total. The van der Waals surface area contributed by atoms with Crippen molar-refractivity contribution in [3.05, 3.63) is 53.9 Å². The van der Waals surface area contributed by atoms with Gasteiger partial charge >= 0.3 is 6.18 Å². The van der Waals surface area contributed by atoms with E-state index in [-0.39, 0.29) is 42.1 Å². The Morgan fingerprint density at radius 2 is 2.10 bits per heavy atom. The summed E-state index contributed by atoms with van der Waals surface area (Å²) < 4.78 is 54.9. The van der Waals surface area contributed by atoms with E-state index in [9.17, 15) is 17.6 Å². The molecule has 3 rings (SSSR count). The maximum atomic E-state index is 13.3. The van der Waals surface area contributed by atoms with Gasteiger partial charge in [0.15, 0.2) is 5.96 Å². The minimum absolute atomic E-state index is 0. The largest absolute Gasteiger partial charge is 0.416 e. The van der Waals surface area contributed by atoms with Crippen molar-refractivity contribution in [2.24, 2.45) is 10.9 Å². The molecule has 10 heteroatoms. The quantitative estimate of drug-likeness (QED) is 0.281. The highest BCUT2D eigenvalue weighted by Gasteiger charge is 2.34. The molecule has 2 heterocycles. The van der Waals surface area contributed by atoms with Gasteiger partial charge in [0, 0.05) is 39.1 Å². The van der Waals surface area contributed by atoms with Gasteiger partial charge in [-0.05, 0) is 30.0 Å². The summed E-state index contributed by atoms with van der Waals surface area (Å²) in [6, 6.07) is 2.92. The van der Waals surface area contributed by atoms with Crippen LogP contribution in [0.5, 0.6) is 0 Å². The van der Waals surface area contributed by atoms with Gasteiger partial charge in [-0.1, -0.05) is 13.0 Å². The van der Waals surface area contributed by atoms with Gasteiger partial charge in [0.05, 0.1) is 17.9 Å². The van der Waals surface area contributed by atoms with E-state index in [4.69, 9.17) is 0 Å². The molecule has 160 valence electrons. The van der Waals surface area contributed by atoms with Crippen LogP contribution in [0.25, 0.3) is 0 Å². The maximum absolute atomic E-state index is 13.3. The van der Waals surface area contributed by atoms with Crippen LogP contribution in [0.2, 0.25) is 0 Å². The number of hydrogen-bond acceptors (Lipinski definition) is 2. The first-order valence-electron chi connectivity index (χ1n) is 9.08. The number of benzene rings is 1. The van der Waals surface area contributed by atoms with Crippen LogP contribution in [0.1, 0.15) is 30.5 Å². The Hall–Kier alpha value is -1.85. The monoisotopic (exact) mass is 525 g/mol. The molecule has 0 spiro atoms. The molecule has 5 nitrogen and oxygen atoms in total. The second kappa shape index (κ2) is 9.77. The number of rotatable bonds is 3. The normalized spacial score (nSPS) is 20.3. The summed E-state index contributed by atoms with van der Waals surface area (Å²) in [6.45, 7) is 3.50. The SMILES string of the molecule is CN=C(NCc1ccc(F)cc1C(F)(F)F)N1CCC(C)C(n2ccnc2)C1.I. The number of aliphatic imine (C=N–C) groups is 1. The van der Waals surface area contributed by atoms with E-state index >= 15 is 0 Å². The van der Waals surface area contributed by atoms with Crippen LogP contribution >= 0.6 is 24.0 Å². The fourth-order valence-electron chi connectivity index (χ4n) is 3.57. The molecular weight excluding hydrogens is 501 g/mol. The Morgan fingerprint density at radius 3 is 2.72 bits per heavy atom. The first-order valence-corrected chi connectivity index (χ1v) is 9.08. The minimum Gasteiger partial charge on any atom is -0.352 e.